The Morgan fingerprint density at radius 1 is 1.89 bits per heavy atom. The summed E-state index contributed by atoms with van der Waals surface area (Å²) in [6, 6.07) is 0. The Morgan fingerprint density at radius 2 is 2.56 bits per heavy atom. The summed E-state index contributed by atoms with van der Waals surface area (Å²) in [5.41, 5.74) is 0. The van der Waals surface area contributed by atoms with Crippen LogP contribution < -0.4 is 5.84 Å². The second-order valence-corrected chi connectivity index (χ2v) is 2.63. The summed E-state index contributed by atoms with van der Waals surface area (Å²) in [5.74, 6) is 5.61. The molecule has 1 heterocycles. The number of rotatable bonds is 0. The lowest BCUT2D eigenvalue weighted by Gasteiger charge is -2.07. The van der Waals surface area contributed by atoms with Gasteiger partial charge in [-0.1, -0.05) is 11.8 Å². The Hall–Kier alpha value is -0.550. The Balaban J connectivity index is 2.62. The smallest absolute Gasteiger partial charge is 0.258 e. The Morgan fingerprint density at radius 3 is 2.78 bits per heavy atom. The minimum absolute atomic E-state index is 0.104. The van der Waals surface area contributed by atoms with Crippen molar-refractivity contribution < 1.29 is 4.79 Å². The first-order valence-corrected chi connectivity index (χ1v) is 3.41. The maximum Gasteiger partial charge on any atom is 0.258 e. The molecule has 2 N–H and O–H groups in total. The molecule has 4 nitrogen and oxygen atoms in total. The van der Waals surface area contributed by atoms with Crippen LogP contribution in [0, 0.1) is 0 Å². The van der Waals surface area contributed by atoms with Crippen molar-refractivity contribution in [3.05, 3.63) is 0 Å². The third-order valence-corrected chi connectivity index (χ3v) is 1.88. The molecule has 0 atom stereocenters. The quantitative estimate of drug-likeness (QED) is 0.366. The molecule has 0 radical (unpaired) electrons. The van der Waals surface area contributed by atoms with E-state index in [2.05, 4.69) is 4.99 Å². The standard InChI is InChI=1S/C4H7N3OS/c1-7(5)4-6-3(8)2-9-4/h2,5H2,1H3. The highest BCUT2D eigenvalue weighted by Gasteiger charge is 2.15. The largest absolute Gasteiger partial charge is 0.292 e. The van der Waals surface area contributed by atoms with Gasteiger partial charge in [0.2, 0.25) is 0 Å². The van der Waals surface area contributed by atoms with Crippen molar-refractivity contribution in [2.24, 2.45) is 10.8 Å². The van der Waals surface area contributed by atoms with Crippen LogP contribution in [0.25, 0.3) is 0 Å². The molecule has 0 unspecified atom stereocenters. The number of amidine groups is 1. The van der Waals surface area contributed by atoms with Crippen molar-refractivity contribution in [1.82, 2.24) is 5.01 Å². The van der Waals surface area contributed by atoms with E-state index in [4.69, 9.17) is 5.84 Å². The molecule has 0 fully saturated rings. The first-order valence-electron chi connectivity index (χ1n) is 2.43. The molecule has 0 aromatic carbocycles. The van der Waals surface area contributed by atoms with Gasteiger partial charge in [-0.15, -0.1) is 0 Å². The SMILES string of the molecule is CN(N)C1=NC(=O)CS1. The topological polar surface area (TPSA) is 58.7 Å². The molecule has 9 heavy (non-hydrogen) atoms. The van der Waals surface area contributed by atoms with Crippen LogP contribution in [-0.4, -0.2) is 28.9 Å². The lowest BCUT2D eigenvalue weighted by atomic mass is 10.7. The normalized spacial score (nSPS) is 18.0. The molecule has 0 bridgehead atoms. The number of aliphatic imine (C=N–C) groups is 1. The summed E-state index contributed by atoms with van der Waals surface area (Å²) in [6.45, 7) is 0. The Labute approximate surface area is 57.1 Å². The number of hydrogen-bond acceptors (Lipinski definition) is 4. The molecule has 0 aromatic heterocycles. The zero-order chi connectivity index (χ0) is 6.85. The molecular weight excluding hydrogens is 138 g/mol. The number of hydrogen-bond donors (Lipinski definition) is 1. The lowest BCUT2D eigenvalue weighted by molar-refractivity contribution is -0.115. The number of thioether (sulfide) groups is 1. The fourth-order valence-electron chi connectivity index (χ4n) is 0.478. The highest BCUT2D eigenvalue weighted by molar-refractivity contribution is 8.14. The molecule has 0 aliphatic carbocycles. The molecule has 1 amide bonds. The molecule has 1 rings (SSSR count). The number of nitrogens with zero attached hydrogens (tertiary/aromatic N) is 2. The van der Waals surface area contributed by atoms with Crippen LogP contribution in [-0.2, 0) is 4.79 Å². The summed E-state index contributed by atoms with van der Waals surface area (Å²) >= 11 is 1.36. The summed E-state index contributed by atoms with van der Waals surface area (Å²) < 4.78 is 0. The zero-order valence-electron chi connectivity index (χ0n) is 5.00. The zero-order valence-corrected chi connectivity index (χ0v) is 5.81. The van der Waals surface area contributed by atoms with Crippen molar-refractivity contribution in [3.8, 4) is 0 Å². The molecule has 0 saturated heterocycles. The van der Waals surface area contributed by atoms with Crippen LogP contribution in [0.15, 0.2) is 4.99 Å². The minimum atomic E-state index is -0.104. The predicted molar refractivity (Wildman–Crippen MR) is 36.9 cm³/mol. The maximum atomic E-state index is 10.5. The van der Waals surface area contributed by atoms with Crippen LogP contribution in [0.1, 0.15) is 0 Å². The molecular formula is C4H7N3OS. The average molecular weight is 145 g/mol. The second-order valence-electron chi connectivity index (χ2n) is 1.69. The van der Waals surface area contributed by atoms with Crippen LogP contribution in [0.2, 0.25) is 0 Å². The second kappa shape index (κ2) is 2.36. The highest BCUT2D eigenvalue weighted by Crippen LogP contribution is 2.12. The van der Waals surface area contributed by atoms with Crippen LogP contribution in [0.3, 0.4) is 0 Å². The van der Waals surface area contributed by atoms with Gasteiger partial charge in [0, 0.05) is 7.05 Å². The maximum absolute atomic E-state index is 10.5. The highest BCUT2D eigenvalue weighted by atomic mass is 32.2. The third-order valence-electron chi connectivity index (χ3n) is 0.847. The lowest BCUT2D eigenvalue weighted by Crippen LogP contribution is -2.29. The molecule has 0 saturated carbocycles. The van der Waals surface area contributed by atoms with Gasteiger partial charge in [-0.25, -0.2) is 5.84 Å². The van der Waals surface area contributed by atoms with Crippen molar-refractivity contribution in [2.75, 3.05) is 12.8 Å². The van der Waals surface area contributed by atoms with Gasteiger partial charge < -0.3 is 0 Å². The number of nitrogens with two attached hydrogens (primary N) is 1. The number of carbonyl (C=O) groups is 1. The van der Waals surface area contributed by atoms with E-state index in [1.807, 2.05) is 0 Å². The number of amides is 1. The van der Waals surface area contributed by atoms with Crippen LogP contribution >= 0.6 is 11.8 Å². The van der Waals surface area contributed by atoms with E-state index >= 15 is 0 Å². The summed E-state index contributed by atoms with van der Waals surface area (Å²) in [4.78, 5) is 14.1. The van der Waals surface area contributed by atoms with Crippen molar-refractivity contribution in [3.63, 3.8) is 0 Å². The predicted octanol–water partition coefficient (Wildman–Crippen LogP) is -0.579. The molecule has 0 aromatic rings. The van der Waals surface area contributed by atoms with E-state index in [0.29, 0.717) is 10.9 Å². The summed E-state index contributed by atoms with van der Waals surface area (Å²) in [6.07, 6.45) is 0. The fourth-order valence-corrected chi connectivity index (χ4v) is 1.17. The van der Waals surface area contributed by atoms with Crippen LogP contribution in [0.4, 0.5) is 0 Å². The summed E-state index contributed by atoms with van der Waals surface area (Å²) in [5, 5.41) is 1.94. The molecule has 5 heteroatoms. The van der Waals surface area contributed by atoms with E-state index < -0.39 is 0 Å². The van der Waals surface area contributed by atoms with Gasteiger partial charge in [-0.05, 0) is 0 Å². The number of carbonyl (C=O) groups excluding carboxylic acids is 1. The molecule has 1 aliphatic rings. The van der Waals surface area contributed by atoms with E-state index in [1.54, 1.807) is 7.05 Å². The fraction of sp³-hybridized carbons (Fsp3) is 0.500. The minimum Gasteiger partial charge on any atom is -0.292 e. The first kappa shape index (κ1) is 6.57. The molecule has 50 valence electrons. The third kappa shape index (κ3) is 1.43. The first-order chi connectivity index (χ1) is 4.20. The van der Waals surface area contributed by atoms with E-state index in [1.165, 1.54) is 16.8 Å². The van der Waals surface area contributed by atoms with E-state index in [-0.39, 0.29) is 5.91 Å². The van der Waals surface area contributed by atoms with Gasteiger partial charge in [0.15, 0.2) is 5.17 Å². The Kier molecular flexibility index (Phi) is 1.73. The van der Waals surface area contributed by atoms with Gasteiger partial charge in [0.05, 0.1) is 5.75 Å². The van der Waals surface area contributed by atoms with Gasteiger partial charge in [0.1, 0.15) is 0 Å². The van der Waals surface area contributed by atoms with E-state index in [0.717, 1.165) is 0 Å². The van der Waals surface area contributed by atoms with Crippen molar-refractivity contribution in [1.29, 1.82) is 0 Å². The Bertz CT molecular complexity index is 165. The molecule has 1 aliphatic heterocycles. The van der Waals surface area contributed by atoms with Gasteiger partial charge >= 0.3 is 0 Å². The van der Waals surface area contributed by atoms with Crippen LogP contribution in [0.5, 0.6) is 0 Å². The van der Waals surface area contributed by atoms with Gasteiger partial charge in [-0.3, -0.25) is 9.80 Å². The van der Waals surface area contributed by atoms with Gasteiger partial charge in [0.25, 0.3) is 5.91 Å². The van der Waals surface area contributed by atoms with Crippen molar-refractivity contribution in [2.45, 2.75) is 0 Å². The van der Waals surface area contributed by atoms with E-state index in [9.17, 15) is 4.79 Å². The number of hydrazine groups is 1. The monoisotopic (exact) mass is 145 g/mol. The van der Waals surface area contributed by atoms with Crippen molar-refractivity contribution >= 4 is 22.8 Å². The molecule has 0 spiro atoms. The van der Waals surface area contributed by atoms with Gasteiger partial charge in [-0.2, -0.15) is 4.99 Å². The average Bonchev–Trinajstić information content (AvgIpc) is 2.14. The summed E-state index contributed by atoms with van der Waals surface area (Å²) in [7, 11) is 1.66.